The Hall–Kier alpha value is -3.16. The predicted octanol–water partition coefficient (Wildman–Crippen LogP) is 4.15. The fourth-order valence-electron chi connectivity index (χ4n) is 3.58. The first-order valence-electron chi connectivity index (χ1n) is 9.60. The lowest BCUT2D eigenvalue weighted by Crippen LogP contribution is -2.42. The highest BCUT2D eigenvalue weighted by Crippen LogP contribution is 2.21. The van der Waals surface area contributed by atoms with Crippen molar-refractivity contribution < 1.29 is 4.79 Å². The zero-order valence-electron chi connectivity index (χ0n) is 17.3. The topological polar surface area (TPSA) is 64.3 Å². The van der Waals surface area contributed by atoms with Crippen LogP contribution in [0, 0.1) is 13.8 Å². The van der Waals surface area contributed by atoms with Crippen molar-refractivity contribution in [2.24, 2.45) is 0 Å². The van der Waals surface area contributed by atoms with Gasteiger partial charge in [-0.05, 0) is 55.1 Å². The van der Waals surface area contributed by atoms with E-state index in [2.05, 4.69) is 0 Å². The highest BCUT2D eigenvalue weighted by atomic mass is 35.5. The molecular formula is C23H20ClN3O3S. The third-order valence-electron chi connectivity index (χ3n) is 5.21. The number of hydrogen-bond acceptors (Lipinski definition) is 4. The number of amides is 1. The molecule has 0 aliphatic carbocycles. The number of aryl methyl sites for hydroxylation is 2. The third kappa shape index (κ3) is 3.82. The largest absolute Gasteiger partial charge is 0.336 e. The summed E-state index contributed by atoms with van der Waals surface area (Å²) in [5.41, 5.74) is 2.50. The average Bonchev–Trinajstić information content (AvgIpc) is 3.22. The summed E-state index contributed by atoms with van der Waals surface area (Å²) in [4.78, 5) is 41.0. The van der Waals surface area contributed by atoms with Crippen LogP contribution in [0.1, 0.15) is 11.1 Å². The summed E-state index contributed by atoms with van der Waals surface area (Å²) in [6, 6.07) is 14.2. The molecule has 0 bridgehead atoms. The maximum Gasteiger partial charge on any atom is 0.336 e. The lowest BCUT2D eigenvalue weighted by molar-refractivity contribution is -0.118. The monoisotopic (exact) mass is 453 g/mol. The molecule has 2 aromatic heterocycles. The van der Waals surface area contributed by atoms with Crippen LogP contribution in [0.4, 0.5) is 5.69 Å². The summed E-state index contributed by atoms with van der Waals surface area (Å²) in [5.74, 6) is -0.303. The van der Waals surface area contributed by atoms with E-state index in [9.17, 15) is 14.4 Å². The molecular weight excluding hydrogens is 434 g/mol. The second-order valence-corrected chi connectivity index (χ2v) is 8.72. The Morgan fingerprint density at radius 2 is 1.87 bits per heavy atom. The van der Waals surface area contributed by atoms with Gasteiger partial charge in [-0.2, -0.15) is 0 Å². The Bertz CT molecular complexity index is 1430. The number of carbonyl (C=O) groups excluding carboxylic acids is 1. The lowest BCUT2D eigenvalue weighted by Gasteiger charge is -2.19. The van der Waals surface area contributed by atoms with Crippen LogP contribution in [0.15, 0.2) is 63.5 Å². The van der Waals surface area contributed by atoms with Gasteiger partial charge < -0.3 is 4.90 Å². The Balaban J connectivity index is 1.85. The molecule has 31 heavy (non-hydrogen) atoms. The smallest absolute Gasteiger partial charge is 0.314 e. The molecule has 0 radical (unpaired) electrons. The van der Waals surface area contributed by atoms with Crippen LogP contribution in [0.3, 0.4) is 0 Å². The summed E-state index contributed by atoms with van der Waals surface area (Å²) in [6.07, 6.45) is 0. The van der Waals surface area contributed by atoms with Gasteiger partial charge >= 0.3 is 5.69 Å². The van der Waals surface area contributed by atoms with Gasteiger partial charge in [0.15, 0.2) is 0 Å². The van der Waals surface area contributed by atoms with Gasteiger partial charge in [0.2, 0.25) is 5.91 Å². The van der Waals surface area contributed by atoms with Gasteiger partial charge in [-0.3, -0.25) is 14.2 Å². The number of fused-ring (bicyclic) bond motifs is 1. The number of rotatable bonds is 4. The van der Waals surface area contributed by atoms with E-state index in [1.54, 1.807) is 48.8 Å². The number of halogens is 1. The van der Waals surface area contributed by atoms with Crippen molar-refractivity contribution >= 4 is 44.7 Å². The molecule has 0 aliphatic heterocycles. The first kappa shape index (κ1) is 21.1. The van der Waals surface area contributed by atoms with Crippen molar-refractivity contribution in [1.82, 2.24) is 9.13 Å². The Morgan fingerprint density at radius 3 is 2.58 bits per heavy atom. The van der Waals surface area contributed by atoms with Crippen LogP contribution in [-0.2, 0) is 11.3 Å². The zero-order chi connectivity index (χ0) is 22.3. The molecule has 6 nitrogen and oxygen atoms in total. The molecule has 0 N–H and O–H groups in total. The standard InChI is InChI=1S/C23H20ClN3O3S/c1-14-7-8-18(15(2)11-14)27-22(29)21-19(9-10-31-21)26(23(27)30)13-20(28)25(3)17-6-4-5-16(24)12-17/h4-12H,13H2,1-3H3. The minimum Gasteiger partial charge on any atom is -0.314 e. The molecule has 158 valence electrons. The van der Waals surface area contributed by atoms with E-state index in [-0.39, 0.29) is 18.0 Å². The van der Waals surface area contributed by atoms with E-state index in [0.29, 0.717) is 26.6 Å². The molecule has 0 atom stereocenters. The Labute approximate surface area is 187 Å². The fraction of sp³-hybridized carbons (Fsp3) is 0.174. The molecule has 2 heterocycles. The zero-order valence-corrected chi connectivity index (χ0v) is 18.8. The minimum absolute atomic E-state index is 0.208. The molecule has 4 aromatic rings. The van der Waals surface area contributed by atoms with E-state index < -0.39 is 5.69 Å². The normalized spacial score (nSPS) is 11.1. The van der Waals surface area contributed by atoms with Crippen LogP contribution >= 0.6 is 22.9 Å². The second-order valence-electron chi connectivity index (χ2n) is 7.37. The summed E-state index contributed by atoms with van der Waals surface area (Å²) in [6.45, 7) is 3.60. The average molecular weight is 454 g/mol. The molecule has 2 aromatic carbocycles. The van der Waals surface area contributed by atoms with E-state index in [1.165, 1.54) is 20.8 Å². The third-order valence-corrected chi connectivity index (χ3v) is 6.34. The van der Waals surface area contributed by atoms with Crippen LogP contribution in [0.2, 0.25) is 5.02 Å². The highest BCUT2D eigenvalue weighted by Gasteiger charge is 2.20. The van der Waals surface area contributed by atoms with Gasteiger partial charge in [0.05, 0.1) is 11.2 Å². The summed E-state index contributed by atoms with van der Waals surface area (Å²) in [5, 5.41) is 2.26. The van der Waals surface area contributed by atoms with Crippen molar-refractivity contribution in [1.29, 1.82) is 0 Å². The van der Waals surface area contributed by atoms with Crippen molar-refractivity contribution in [3.05, 3.63) is 90.9 Å². The molecule has 8 heteroatoms. The van der Waals surface area contributed by atoms with Crippen LogP contribution in [-0.4, -0.2) is 22.1 Å². The molecule has 0 aliphatic rings. The quantitative estimate of drug-likeness (QED) is 0.466. The number of benzene rings is 2. The molecule has 4 rings (SSSR count). The molecule has 0 saturated heterocycles. The first-order valence-corrected chi connectivity index (χ1v) is 10.9. The number of carbonyl (C=O) groups is 1. The summed E-state index contributed by atoms with van der Waals surface area (Å²) < 4.78 is 2.94. The van der Waals surface area contributed by atoms with Gasteiger partial charge in [-0.1, -0.05) is 35.4 Å². The fourth-order valence-corrected chi connectivity index (χ4v) is 4.59. The van der Waals surface area contributed by atoms with Gasteiger partial charge in [0.25, 0.3) is 5.56 Å². The minimum atomic E-state index is -0.546. The highest BCUT2D eigenvalue weighted by molar-refractivity contribution is 7.17. The van der Waals surface area contributed by atoms with E-state index >= 15 is 0 Å². The van der Waals surface area contributed by atoms with Crippen molar-refractivity contribution in [2.75, 3.05) is 11.9 Å². The number of thiophene rings is 1. The van der Waals surface area contributed by atoms with Gasteiger partial charge in [-0.25, -0.2) is 9.36 Å². The Morgan fingerprint density at radius 1 is 1.10 bits per heavy atom. The number of anilines is 1. The number of hydrogen-bond donors (Lipinski definition) is 0. The van der Waals surface area contributed by atoms with E-state index in [4.69, 9.17) is 11.6 Å². The van der Waals surface area contributed by atoms with Gasteiger partial charge in [-0.15, -0.1) is 11.3 Å². The van der Waals surface area contributed by atoms with Crippen molar-refractivity contribution in [3.8, 4) is 5.69 Å². The maximum atomic E-state index is 13.4. The molecule has 0 fully saturated rings. The van der Waals surface area contributed by atoms with Crippen molar-refractivity contribution in [2.45, 2.75) is 20.4 Å². The van der Waals surface area contributed by atoms with Crippen LogP contribution in [0.25, 0.3) is 15.9 Å². The van der Waals surface area contributed by atoms with Crippen LogP contribution < -0.4 is 16.1 Å². The lowest BCUT2D eigenvalue weighted by atomic mass is 10.1. The number of nitrogens with zero attached hydrogens (tertiary/aromatic N) is 3. The maximum absolute atomic E-state index is 13.4. The van der Waals surface area contributed by atoms with Gasteiger partial charge in [0.1, 0.15) is 11.2 Å². The van der Waals surface area contributed by atoms with Crippen molar-refractivity contribution in [3.63, 3.8) is 0 Å². The van der Waals surface area contributed by atoms with E-state index in [1.807, 2.05) is 26.0 Å². The molecule has 0 saturated carbocycles. The second kappa shape index (κ2) is 8.17. The number of likely N-dealkylation sites (N-methyl/N-ethyl adjacent to an activating group) is 1. The molecule has 0 unspecified atom stereocenters. The molecule has 0 spiro atoms. The van der Waals surface area contributed by atoms with Gasteiger partial charge in [0, 0.05) is 17.8 Å². The molecule has 1 amide bonds. The first-order chi connectivity index (χ1) is 14.8. The van der Waals surface area contributed by atoms with Crippen LogP contribution in [0.5, 0.6) is 0 Å². The SMILES string of the molecule is Cc1ccc(-n2c(=O)c3sccc3n(CC(=O)N(C)c3cccc(Cl)c3)c2=O)c(C)c1. The number of aromatic nitrogens is 2. The summed E-state index contributed by atoms with van der Waals surface area (Å²) in [7, 11) is 1.63. The summed E-state index contributed by atoms with van der Waals surface area (Å²) >= 11 is 7.30. The Kier molecular flexibility index (Phi) is 5.56. The predicted molar refractivity (Wildman–Crippen MR) is 126 cm³/mol. The van der Waals surface area contributed by atoms with E-state index in [0.717, 1.165) is 15.7 Å².